The van der Waals surface area contributed by atoms with Crippen molar-refractivity contribution in [1.82, 2.24) is 15.1 Å². The summed E-state index contributed by atoms with van der Waals surface area (Å²) in [5.74, 6) is 0.0538. The molecule has 1 heterocycles. The van der Waals surface area contributed by atoms with E-state index < -0.39 is 0 Å². The lowest BCUT2D eigenvalue weighted by molar-refractivity contribution is 0.0982. The summed E-state index contributed by atoms with van der Waals surface area (Å²) < 4.78 is 0. The normalized spacial score (nSPS) is 15.5. The summed E-state index contributed by atoms with van der Waals surface area (Å²) in [7, 11) is 0. The fraction of sp³-hybridized carbons (Fsp3) is 0.529. The summed E-state index contributed by atoms with van der Waals surface area (Å²) in [5.41, 5.74) is 7.36. The molecule has 1 aliphatic heterocycles. The lowest BCUT2D eigenvalue weighted by Gasteiger charge is -2.34. The van der Waals surface area contributed by atoms with Gasteiger partial charge < -0.3 is 16.0 Å². The van der Waals surface area contributed by atoms with Crippen LogP contribution in [0.5, 0.6) is 0 Å². The highest BCUT2D eigenvalue weighted by molar-refractivity contribution is 5.96. The minimum absolute atomic E-state index is 0.0538. The summed E-state index contributed by atoms with van der Waals surface area (Å²) in [6.07, 6.45) is 0.321. The number of carbonyl (C=O) groups is 2. The molecule has 126 valence electrons. The number of nitrogens with zero attached hydrogens (tertiary/aromatic N) is 2. The number of nitrogens with two attached hydrogens (primary N) is 1. The highest BCUT2D eigenvalue weighted by Gasteiger charge is 2.20. The smallest absolute Gasteiger partial charge is 0.317 e. The second-order valence-electron chi connectivity index (χ2n) is 5.89. The fourth-order valence-corrected chi connectivity index (χ4v) is 2.64. The first-order valence-corrected chi connectivity index (χ1v) is 8.15. The number of amides is 2. The summed E-state index contributed by atoms with van der Waals surface area (Å²) in [4.78, 5) is 28.2. The number of hydrogen-bond acceptors (Lipinski definition) is 4. The topological polar surface area (TPSA) is 78.7 Å². The molecule has 0 spiro atoms. The van der Waals surface area contributed by atoms with Crippen LogP contribution >= 0.6 is 0 Å². The highest BCUT2D eigenvalue weighted by Crippen LogP contribution is 2.06. The van der Waals surface area contributed by atoms with Gasteiger partial charge in [0, 0.05) is 57.8 Å². The number of Topliss-reactive ketones (excluding diaryl/α,β-unsaturated/α-hetero) is 1. The predicted octanol–water partition coefficient (Wildman–Crippen LogP) is 0.854. The third kappa shape index (κ3) is 5.33. The van der Waals surface area contributed by atoms with E-state index in [9.17, 15) is 9.59 Å². The van der Waals surface area contributed by atoms with Gasteiger partial charge in [-0.05, 0) is 6.92 Å². The van der Waals surface area contributed by atoms with Crippen LogP contribution in [0.3, 0.4) is 0 Å². The molecule has 0 aromatic heterocycles. The first-order valence-electron chi connectivity index (χ1n) is 8.15. The Hall–Kier alpha value is -1.92. The van der Waals surface area contributed by atoms with Crippen molar-refractivity contribution in [2.45, 2.75) is 13.3 Å². The van der Waals surface area contributed by atoms with Crippen LogP contribution in [0.1, 0.15) is 22.3 Å². The zero-order chi connectivity index (χ0) is 16.7. The van der Waals surface area contributed by atoms with Crippen molar-refractivity contribution >= 4 is 11.8 Å². The molecule has 1 aliphatic rings. The van der Waals surface area contributed by atoms with Crippen molar-refractivity contribution in [2.24, 2.45) is 5.73 Å². The minimum atomic E-state index is -0.0888. The Bertz CT molecular complexity index is 522. The molecule has 1 aromatic carbocycles. The fourth-order valence-electron chi connectivity index (χ4n) is 2.64. The third-order valence-electron chi connectivity index (χ3n) is 4.11. The van der Waals surface area contributed by atoms with Crippen molar-refractivity contribution in [3.05, 3.63) is 35.4 Å². The molecule has 0 radical (unpaired) electrons. The first kappa shape index (κ1) is 17.4. The van der Waals surface area contributed by atoms with Gasteiger partial charge in [-0.1, -0.05) is 29.8 Å². The Morgan fingerprint density at radius 3 is 2.39 bits per heavy atom. The van der Waals surface area contributed by atoms with Crippen LogP contribution in [0.15, 0.2) is 24.3 Å². The lowest BCUT2D eigenvalue weighted by atomic mass is 10.1. The van der Waals surface area contributed by atoms with Crippen molar-refractivity contribution in [2.75, 3.05) is 45.8 Å². The minimum Gasteiger partial charge on any atom is -0.338 e. The van der Waals surface area contributed by atoms with Gasteiger partial charge in [-0.2, -0.15) is 0 Å². The summed E-state index contributed by atoms with van der Waals surface area (Å²) in [5, 5.41) is 2.83. The van der Waals surface area contributed by atoms with Gasteiger partial charge in [-0.3, -0.25) is 9.69 Å². The maximum absolute atomic E-state index is 12.1. The molecule has 0 aliphatic carbocycles. The van der Waals surface area contributed by atoms with Gasteiger partial charge >= 0.3 is 6.03 Å². The molecule has 0 atom stereocenters. The Morgan fingerprint density at radius 1 is 1.13 bits per heavy atom. The number of hydrogen-bond donors (Lipinski definition) is 2. The summed E-state index contributed by atoms with van der Waals surface area (Å²) in [6, 6.07) is 7.42. The zero-order valence-corrected chi connectivity index (χ0v) is 13.8. The average Bonchev–Trinajstić information content (AvgIpc) is 2.56. The number of nitrogens with one attached hydrogen (secondary N) is 1. The standard InChI is InChI=1S/C17H26N4O2/c1-14-2-4-15(5-3-14)16(22)6-8-19-17(23)21-12-10-20(9-7-18)11-13-21/h2-5H,6-13,18H2,1H3,(H,19,23). The van der Waals surface area contributed by atoms with E-state index in [1.807, 2.05) is 31.2 Å². The average molecular weight is 318 g/mol. The molecule has 2 rings (SSSR count). The van der Waals surface area contributed by atoms with Gasteiger partial charge in [-0.25, -0.2) is 4.79 Å². The molecule has 6 nitrogen and oxygen atoms in total. The number of carbonyl (C=O) groups excluding carboxylic acids is 2. The van der Waals surface area contributed by atoms with Gasteiger partial charge in [0.1, 0.15) is 0 Å². The zero-order valence-electron chi connectivity index (χ0n) is 13.8. The molecule has 3 N–H and O–H groups in total. The quantitative estimate of drug-likeness (QED) is 0.762. The van der Waals surface area contributed by atoms with E-state index in [-0.39, 0.29) is 11.8 Å². The molecule has 1 saturated heterocycles. The van der Waals surface area contributed by atoms with Crippen LogP contribution in [-0.2, 0) is 0 Å². The van der Waals surface area contributed by atoms with Crippen LogP contribution in [0.2, 0.25) is 0 Å². The van der Waals surface area contributed by atoms with Gasteiger partial charge in [-0.15, -0.1) is 0 Å². The van der Waals surface area contributed by atoms with Crippen LogP contribution < -0.4 is 11.1 Å². The Kier molecular flexibility index (Phi) is 6.55. The van der Waals surface area contributed by atoms with E-state index in [0.29, 0.717) is 38.2 Å². The maximum Gasteiger partial charge on any atom is 0.317 e. The van der Waals surface area contributed by atoms with E-state index in [2.05, 4.69) is 10.2 Å². The number of ketones is 1. The number of urea groups is 1. The number of piperazine rings is 1. The van der Waals surface area contributed by atoms with E-state index >= 15 is 0 Å². The number of benzene rings is 1. The van der Waals surface area contributed by atoms with Crippen LogP contribution in [0.4, 0.5) is 4.79 Å². The van der Waals surface area contributed by atoms with Crippen molar-refractivity contribution < 1.29 is 9.59 Å². The molecule has 23 heavy (non-hydrogen) atoms. The lowest BCUT2D eigenvalue weighted by Crippen LogP contribution is -2.52. The summed E-state index contributed by atoms with van der Waals surface area (Å²) in [6.45, 7) is 7.00. The molecular weight excluding hydrogens is 292 g/mol. The Morgan fingerprint density at radius 2 is 1.78 bits per heavy atom. The molecule has 2 amide bonds. The van der Waals surface area contributed by atoms with E-state index in [4.69, 9.17) is 5.73 Å². The molecule has 1 fully saturated rings. The van der Waals surface area contributed by atoms with Gasteiger partial charge in [0.05, 0.1) is 0 Å². The molecular formula is C17H26N4O2. The SMILES string of the molecule is Cc1ccc(C(=O)CCNC(=O)N2CCN(CCN)CC2)cc1. The maximum atomic E-state index is 12.1. The van der Waals surface area contributed by atoms with Crippen molar-refractivity contribution in [3.8, 4) is 0 Å². The van der Waals surface area contributed by atoms with Crippen LogP contribution in [0, 0.1) is 6.92 Å². The predicted molar refractivity (Wildman–Crippen MR) is 90.6 cm³/mol. The first-order chi connectivity index (χ1) is 11.1. The van der Waals surface area contributed by atoms with Crippen molar-refractivity contribution in [3.63, 3.8) is 0 Å². The second-order valence-corrected chi connectivity index (χ2v) is 5.89. The number of rotatable bonds is 6. The monoisotopic (exact) mass is 318 g/mol. The molecule has 0 unspecified atom stereocenters. The van der Waals surface area contributed by atoms with Crippen LogP contribution in [-0.4, -0.2) is 67.4 Å². The van der Waals surface area contributed by atoms with Crippen LogP contribution in [0.25, 0.3) is 0 Å². The van der Waals surface area contributed by atoms with E-state index in [0.717, 1.165) is 25.2 Å². The second kappa shape index (κ2) is 8.64. The molecule has 6 heteroatoms. The number of aryl methyl sites for hydroxylation is 1. The van der Waals surface area contributed by atoms with Gasteiger partial charge in [0.15, 0.2) is 5.78 Å². The van der Waals surface area contributed by atoms with Gasteiger partial charge in [0.2, 0.25) is 0 Å². The summed E-state index contributed by atoms with van der Waals surface area (Å²) >= 11 is 0. The molecule has 0 saturated carbocycles. The molecule has 1 aromatic rings. The highest BCUT2D eigenvalue weighted by atomic mass is 16.2. The van der Waals surface area contributed by atoms with E-state index in [1.54, 1.807) is 4.90 Å². The van der Waals surface area contributed by atoms with Crippen molar-refractivity contribution in [1.29, 1.82) is 0 Å². The Balaban J connectivity index is 1.69. The molecule has 0 bridgehead atoms. The van der Waals surface area contributed by atoms with E-state index in [1.165, 1.54) is 0 Å². The largest absolute Gasteiger partial charge is 0.338 e. The van der Waals surface area contributed by atoms with Gasteiger partial charge in [0.25, 0.3) is 0 Å². The third-order valence-corrected chi connectivity index (χ3v) is 4.11. The Labute approximate surface area is 137 Å².